The highest BCUT2D eigenvalue weighted by Crippen LogP contribution is 2.15. The standard InChI is InChI=1S/C24H29NO5S/c1-24(2,3)30-23(26)8-6-4-5-7-19-9-11-20(12-10-19)17-18-29-21-13-15-22(16-14-21)31(25,27)28/h9-16H,4,6,8,17-18H2,1-3H3,(H2,25,27,28). The van der Waals surface area contributed by atoms with Gasteiger partial charge in [-0.15, -0.1) is 0 Å². The van der Waals surface area contributed by atoms with Crippen molar-refractivity contribution >= 4 is 16.0 Å². The number of benzene rings is 2. The van der Waals surface area contributed by atoms with Crippen molar-refractivity contribution in [2.45, 2.75) is 57.0 Å². The first-order valence-corrected chi connectivity index (χ1v) is 11.6. The van der Waals surface area contributed by atoms with Crippen LogP contribution in [-0.4, -0.2) is 26.6 Å². The Morgan fingerprint density at radius 2 is 1.68 bits per heavy atom. The molecule has 0 saturated heterocycles. The van der Waals surface area contributed by atoms with Gasteiger partial charge in [-0.3, -0.25) is 4.79 Å². The maximum absolute atomic E-state index is 11.7. The van der Waals surface area contributed by atoms with Gasteiger partial charge in [-0.2, -0.15) is 0 Å². The average molecular weight is 444 g/mol. The summed E-state index contributed by atoms with van der Waals surface area (Å²) in [6.45, 7) is 6.03. The summed E-state index contributed by atoms with van der Waals surface area (Å²) in [4.78, 5) is 11.7. The maximum Gasteiger partial charge on any atom is 0.306 e. The largest absolute Gasteiger partial charge is 0.493 e. The van der Waals surface area contributed by atoms with Crippen LogP contribution in [0.4, 0.5) is 0 Å². The fraction of sp³-hybridized carbons (Fsp3) is 0.375. The third kappa shape index (κ3) is 9.69. The Labute approximate surface area is 184 Å². The number of primary sulfonamides is 1. The van der Waals surface area contributed by atoms with Crippen LogP contribution in [0.1, 0.15) is 51.2 Å². The molecule has 7 heteroatoms. The Kier molecular flexibility index (Phi) is 8.66. The van der Waals surface area contributed by atoms with Gasteiger partial charge >= 0.3 is 5.97 Å². The van der Waals surface area contributed by atoms with Crippen LogP contribution in [-0.2, 0) is 26.0 Å². The minimum absolute atomic E-state index is 0.0568. The predicted molar refractivity (Wildman–Crippen MR) is 120 cm³/mol. The van der Waals surface area contributed by atoms with E-state index in [9.17, 15) is 13.2 Å². The summed E-state index contributed by atoms with van der Waals surface area (Å²) >= 11 is 0. The second kappa shape index (κ2) is 11.0. The van der Waals surface area contributed by atoms with E-state index in [4.69, 9.17) is 14.6 Å². The van der Waals surface area contributed by atoms with Crippen LogP contribution in [0.15, 0.2) is 53.4 Å². The first-order valence-electron chi connectivity index (χ1n) is 10.1. The number of ether oxygens (including phenoxy) is 2. The summed E-state index contributed by atoms with van der Waals surface area (Å²) in [6.07, 6.45) is 2.39. The van der Waals surface area contributed by atoms with E-state index in [1.807, 2.05) is 45.0 Å². The number of carbonyl (C=O) groups is 1. The quantitative estimate of drug-likeness (QED) is 0.380. The van der Waals surface area contributed by atoms with Gasteiger partial charge < -0.3 is 9.47 Å². The Morgan fingerprint density at radius 3 is 2.26 bits per heavy atom. The monoisotopic (exact) mass is 443 g/mol. The van der Waals surface area contributed by atoms with E-state index < -0.39 is 15.6 Å². The molecule has 0 unspecified atom stereocenters. The molecule has 0 aliphatic heterocycles. The Hall–Kier alpha value is -2.82. The molecular weight excluding hydrogens is 414 g/mol. The van der Waals surface area contributed by atoms with Gasteiger partial charge in [0.1, 0.15) is 11.4 Å². The molecule has 2 aromatic rings. The van der Waals surface area contributed by atoms with Crippen molar-refractivity contribution in [3.05, 3.63) is 59.7 Å². The summed E-state index contributed by atoms with van der Waals surface area (Å²) in [5, 5.41) is 5.08. The number of rotatable bonds is 8. The SMILES string of the molecule is CC(C)(C)OC(=O)CCCC#Cc1ccc(CCOc2ccc(S(N)(=O)=O)cc2)cc1. The molecule has 31 heavy (non-hydrogen) atoms. The summed E-state index contributed by atoms with van der Waals surface area (Å²) < 4.78 is 33.4. The van der Waals surface area contributed by atoms with Gasteiger partial charge in [-0.1, -0.05) is 24.0 Å². The fourth-order valence-electron chi connectivity index (χ4n) is 2.65. The Balaban J connectivity index is 1.72. The van der Waals surface area contributed by atoms with Crippen LogP contribution >= 0.6 is 0 Å². The van der Waals surface area contributed by atoms with E-state index in [0.717, 1.165) is 11.1 Å². The van der Waals surface area contributed by atoms with Crippen molar-refractivity contribution in [3.63, 3.8) is 0 Å². The molecule has 0 aliphatic rings. The van der Waals surface area contributed by atoms with Crippen LogP contribution in [0.3, 0.4) is 0 Å². The molecule has 0 radical (unpaired) electrons. The van der Waals surface area contributed by atoms with Crippen molar-refractivity contribution in [3.8, 4) is 17.6 Å². The molecule has 0 saturated carbocycles. The third-order valence-electron chi connectivity index (χ3n) is 4.10. The van der Waals surface area contributed by atoms with Crippen LogP contribution in [0.25, 0.3) is 0 Å². The van der Waals surface area contributed by atoms with E-state index in [1.54, 1.807) is 12.1 Å². The van der Waals surface area contributed by atoms with Crippen molar-refractivity contribution < 1.29 is 22.7 Å². The predicted octanol–water partition coefficient (Wildman–Crippen LogP) is 3.82. The second-order valence-corrected chi connectivity index (χ2v) is 9.61. The van der Waals surface area contributed by atoms with Crippen molar-refractivity contribution in [2.75, 3.05) is 6.61 Å². The van der Waals surface area contributed by atoms with Gasteiger partial charge in [-0.05, 0) is 69.2 Å². The molecule has 0 atom stereocenters. The Bertz CT molecular complexity index is 1020. The van der Waals surface area contributed by atoms with Crippen molar-refractivity contribution in [2.24, 2.45) is 5.14 Å². The molecular formula is C24H29NO5S. The van der Waals surface area contributed by atoms with E-state index in [0.29, 0.717) is 38.0 Å². The molecule has 166 valence electrons. The van der Waals surface area contributed by atoms with E-state index in [2.05, 4.69) is 11.8 Å². The molecule has 0 bridgehead atoms. The molecule has 0 amide bonds. The van der Waals surface area contributed by atoms with Gasteiger partial charge in [0.05, 0.1) is 11.5 Å². The highest BCUT2D eigenvalue weighted by atomic mass is 32.2. The molecule has 6 nitrogen and oxygen atoms in total. The van der Waals surface area contributed by atoms with Crippen LogP contribution in [0.5, 0.6) is 5.75 Å². The Morgan fingerprint density at radius 1 is 1.03 bits per heavy atom. The number of carbonyl (C=O) groups excluding carboxylic acids is 1. The van der Waals surface area contributed by atoms with Crippen LogP contribution < -0.4 is 9.88 Å². The lowest BCUT2D eigenvalue weighted by Gasteiger charge is -2.19. The number of nitrogens with two attached hydrogens (primary N) is 1. The molecule has 0 heterocycles. The highest BCUT2D eigenvalue weighted by molar-refractivity contribution is 7.89. The van der Waals surface area contributed by atoms with Crippen LogP contribution in [0.2, 0.25) is 0 Å². The summed E-state index contributed by atoms with van der Waals surface area (Å²) in [6, 6.07) is 13.9. The zero-order valence-corrected chi connectivity index (χ0v) is 19.0. The number of esters is 1. The molecule has 2 N–H and O–H groups in total. The molecule has 0 aromatic heterocycles. The lowest BCUT2D eigenvalue weighted by Crippen LogP contribution is -2.23. The average Bonchev–Trinajstić information content (AvgIpc) is 2.67. The molecule has 0 fully saturated rings. The van der Waals surface area contributed by atoms with Gasteiger partial charge in [-0.25, -0.2) is 13.6 Å². The van der Waals surface area contributed by atoms with Gasteiger partial charge in [0, 0.05) is 24.8 Å². The molecule has 0 spiro atoms. The first kappa shape index (κ1) is 24.4. The summed E-state index contributed by atoms with van der Waals surface area (Å²) in [5.74, 6) is 6.58. The van der Waals surface area contributed by atoms with Gasteiger partial charge in [0.15, 0.2) is 0 Å². The summed E-state index contributed by atoms with van der Waals surface area (Å²) in [7, 11) is -3.70. The smallest absolute Gasteiger partial charge is 0.306 e. The van der Waals surface area contributed by atoms with Gasteiger partial charge in [0.2, 0.25) is 10.0 Å². The van der Waals surface area contributed by atoms with Crippen molar-refractivity contribution in [1.82, 2.24) is 0 Å². The number of unbranched alkanes of at least 4 members (excludes halogenated alkanes) is 1. The minimum Gasteiger partial charge on any atom is -0.493 e. The van der Waals surface area contributed by atoms with Gasteiger partial charge in [0.25, 0.3) is 0 Å². The number of sulfonamides is 1. The highest BCUT2D eigenvalue weighted by Gasteiger charge is 2.15. The van der Waals surface area contributed by atoms with Crippen molar-refractivity contribution in [1.29, 1.82) is 0 Å². The normalized spacial score (nSPS) is 11.4. The minimum atomic E-state index is -3.70. The number of hydrogen-bond donors (Lipinski definition) is 1. The topological polar surface area (TPSA) is 95.7 Å². The zero-order valence-electron chi connectivity index (χ0n) is 18.2. The lowest BCUT2D eigenvalue weighted by molar-refractivity contribution is -0.154. The second-order valence-electron chi connectivity index (χ2n) is 8.05. The summed E-state index contributed by atoms with van der Waals surface area (Å²) in [5.41, 5.74) is 1.57. The van der Waals surface area contributed by atoms with E-state index >= 15 is 0 Å². The lowest BCUT2D eigenvalue weighted by atomic mass is 10.1. The molecule has 2 aromatic carbocycles. The van der Waals surface area contributed by atoms with E-state index in [-0.39, 0.29) is 10.9 Å². The fourth-order valence-corrected chi connectivity index (χ4v) is 3.16. The molecule has 0 aliphatic carbocycles. The third-order valence-corrected chi connectivity index (χ3v) is 5.03. The maximum atomic E-state index is 11.7. The number of hydrogen-bond acceptors (Lipinski definition) is 5. The zero-order chi connectivity index (χ0) is 22.9. The van der Waals surface area contributed by atoms with E-state index in [1.165, 1.54) is 12.1 Å². The first-order chi connectivity index (χ1) is 14.5. The van der Waals surface area contributed by atoms with Crippen LogP contribution in [0, 0.1) is 11.8 Å². The molecule has 2 rings (SSSR count).